The molecule has 0 saturated carbocycles. The van der Waals surface area contributed by atoms with Crippen LogP contribution in [0.3, 0.4) is 0 Å². The maximum absolute atomic E-state index is 10.8. The summed E-state index contributed by atoms with van der Waals surface area (Å²) in [5.74, 6) is 1.43. The minimum atomic E-state index is -0.448. The van der Waals surface area contributed by atoms with E-state index in [9.17, 15) is 10.1 Å². The Bertz CT molecular complexity index is 797. The quantitative estimate of drug-likeness (QED) is 0.499. The van der Waals surface area contributed by atoms with E-state index in [0.717, 1.165) is 11.3 Å². The molecule has 2 aromatic carbocycles. The second-order valence-corrected chi connectivity index (χ2v) is 5.65. The average Bonchev–Trinajstić information content (AvgIpc) is 3.02. The summed E-state index contributed by atoms with van der Waals surface area (Å²) in [4.78, 5) is 10.4. The van der Waals surface area contributed by atoms with E-state index in [1.165, 1.54) is 12.1 Å². The molecule has 0 saturated heterocycles. The predicted molar refractivity (Wildman–Crippen MR) is 93.4 cm³/mol. The fourth-order valence-electron chi connectivity index (χ4n) is 2.33. The van der Waals surface area contributed by atoms with Gasteiger partial charge in [0.05, 0.1) is 11.0 Å². The number of anilines is 1. The number of hydrogen-bond acceptors (Lipinski definition) is 5. The lowest BCUT2D eigenvalue weighted by Gasteiger charge is -2.17. The van der Waals surface area contributed by atoms with Gasteiger partial charge in [0.1, 0.15) is 0 Å². The van der Waals surface area contributed by atoms with Crippen LogP contribution in [0, 0.1) is 10.1 Å². The Kier molecular flexibility index (Phi) is 4.48. The minimum absolute atomic E-state index is 0.00613. The van der Waals surface area contributed by atoms with Gasteiger partial charge in [0.25, 0.3) is 5.69 Å². The summed E-state index contributed by atoms with van der Waals surface area (Å²) in [5, 5.41) is 17.3. The summed E-state index contributed by atoms with van der Waals surface area (Å²) < 4.78 is 10.7. The van der Waals surface area contributed by atoms with Crippen LogP contribution < -0.4 is 20.1 Å². The lowest BCUT2D eigenvalue weighted by molar-refractivity contribution is -0.384. The van der Waals surface area contributed by atoms with Gasteiger partial charge < -0.3 is 20.1 Å². The van der Waals surface area contributed by atoms with Gasteiger partial charge in [-0.25, -0.2) is 0 Å². The SMILES string of the molecule is C[C@H](NC(=S)Nc1cccc([N+](=O)[O-])c1)c1ccc2c(c1)OCO2. The summed E-state index contributed by atoms with van der Waals surface area (Å²) in [6, 6.07) is 11.8. The van der Waals surface area contributed by atoms with E-state index in [2.05, 4.69) is 10.6 Å². The van der Waals surface area contributed by atoms with Gasteiger partial charge >= 0.3 is 0 Å². The largest absolute Gasteiger partial charge is 0.454 e. The van der Waals surface area contributed by atoms with Crippen molar-refractivity contribution in [2.45, 2.75) is 13.0 Å². The summed E-state index contributed by atoms with van der Waals surface area (Å²) in [6.07, 6.45) is 0. The molecule has 0 fully saturated rings. The third-order valence-corrected chi connectivity index (χ3v) is 3.78. The number of thiocarbonyl (C=S) groups is 1. The Labute approximate surface area is 143 Å². The second kappa shape index (κ2) is 6.71. The van der Waals surface area contributed by atoms with Crippen molar-refractivity contribution in [3.63, 3.8) is 0 Å². The smallest absolute Gasteiger partial charge is 0.271 e. The molecule has 0 bridgehead atoms. The first-order chi connectivity index (χ1) is 11.5. The molecule has 3 rings (SSSR count). The average molecular weight is 345 g/mol. The molecule has 8 heteroatoms. The lowest BCUT2D eigenvalue weighted by atomic mass is 10.1. The van der Waals surface area contributed by atoms with Gasteiger partial charge in [0, 0.05) is 17.8 Å². The number of rotatable bonds is 4. The molecule has 2 N–H and O–H groups in total. The van der Waals surface area contributed by atoms with E-state index in [4.69, 9.17) is 21.7 Å². The first-order valence-electron chi connectivity index (χ1n) is 7.24. The molecule has 0 radical (unpaired) electrons. The standard InChI is InChI=1S/C16H15N3O4S/c1-10(11-5-6-14-15(7-11)23-9-22-14)17-16(24)18-12-3-2-4-13(8-12)19(20)21/h2-8,10H,9H2,1H3,(H2,17,18,24)/t10-/m0/s1. The molecular formula is C16H15N3O4S. The summed E-state index contributed by atoms with van der Waals surface area (Å²) >= 11 is 5.27. The van der Waals surface area contributed by atoms with Gasteiger partial charge in [0.15, 0.2) is 16.6 Å². The van der Waals surface area contributed by atoms with Gasteiger partial charge in [-0.3, -0.25) is 10.1 Å². The van der Waals surface area contributed by atoms with E-state index in [0.29, 0.717) is 16.5 Å². The molecule has 124 valence electrons. The van der Waals surface area contributed by atoms with E-state index >= 15 is 0 Å². The highest BCUT2D eigenvalue weighted by molar-refractivity contribution is 7.80. The van der Waals surface area contributed by atoms with Crippen LogP contribution in [-0.2, 0) is 0 Å². The third kappa shape index (κ3) is 3.54. The fourth-order valence-corrected chi connectivity index (χ4v) is 2.62. The Morgan fingerprint density at radius 2 is 2.04 bits per heavy atom. The van der Waals surface area contributed by atoms with Gasteiger partial charge in [-0.15, -0.1) is 0 Å². The van der Waals surface area contributed by atoms with Crippen LogP contribution in [-0.4, -0.2) is 16.8 Å². The Morgan fingerprint density at radius 3 is 2.83 bits per heavy atom. The maximum Gasteiger partial charge on any atom is 0.271 e. The van der Waals surface area contributed by atoms with Gasteiger partial charge in [-0.1, -0.05) is 12.1 Å². The highest BCUT2D eigenvalue weighted by Crippen LogP contribution is 2.34. The number of nitrogens with zero attached hydrogens (tertiary/aromatic N) is 1. The first-order valence-corrected chi connectivity index (χ1v) is 7.65. The van der Waals surface area contributed by atoms with Crippen molar-refractivity contribution in [1.29, 1.82) is 0 Å². The third-order valence-electron chi connectivity index (χ3n) is 3.56. The zero-order chi connectivity index (χ0) is 17.1. The summed E-state index contributed by atoms with van der Waals surface area (Å²) in [5.41, 5.74) is 1.55. The number of benzene rings is 2. The van der Waals surface area contributed by atoms with Crippen molar-refractivity contribution in [2.75, 3.05) is 12.1 Å². The predicted octanol–water partition coefficient (Wildman–Crippen LogP) is 3.37. The summed E-state index contributed by atoms with van der Waals surface area (Å²) in [7, 11) is 0. The minimum Gasteiger partial charge on any atom is -0.454 e. The second-order valence-electron chi connectivity index (χ2n) is 5.24. The topological polar surface area (TPSA) is 85.7 Å². The number of nitro groups is 1. The molecule has 1 aliphatic heterocycles. The van der Waals surface area contributed by atoms with Crippen LogP contribution in [0.15, 0.2) is 42.5 Å². The molecule has 0 unspecified atom stereocenters. The molecule has 1 atom stereocenters. The van der Waals surface area contributed by atoms with Crippen LogP contribution >= 0.6 is 12.2 Å². The normalized spacial score (nSPS) is 13.2. The van der Waals surface area contributed by atoms with Crippen LogP contribution in [0.5, 0.6) is 11.5 Å². The molecule has 1 aliphatic rings. The van der Waals surface area contributed by atoms with E-state index < -0.39 is 4.92 Å². The Hall–Kier alpha value is -2.87. The zero-order valence-electron chi connectivity index (χ0n) is 12.8. The Morgan fingerprint density at radius 1 is 1.25 bits per heavy atom. The molecule has 24 heavy (non-hydrogen) atoms. The van der Waals surface area contributed by atoms with E-state index in [1.807, 2.05) is 25.1 Å². The van der Waals surface area contributed by atoms with E-state index in [1.54, 1.807) is 12.1 Å². The van der Waals surface area contributed by atoms with Crippen molar-refractivity contribution >= 4 is 28.7 Å². The van der Waals surface area contributed by atoms with Gasteiger partial charge in [-0.2, -0.15) is 0 Å². The Balaban J connectivity index is 1.64. The highest BCUT2D eigenvalue weighted by Gasteiger charge is 2.16. The number of non-ortho nitro benzene ring substituents is 1. The van der Waals surface area contributed by atoms with Crippen molar-refractivity contribution in [3.05, 3.63) is 58.1 Å². The molecule has 0 aromatic heterocycles. The number of ether oxygens (including phenoxy) is 2. The zero-order valence-corrected chi connectivity index (χ0v) is 13.6. The van der Waals surface area contributed by atoms with Crippen molar-refractivity contribution in [2.24, 2.45) is 0 Å². The fraction of sp³-hybridized carbons (Fsp3) is 0.188. The molecule has 0 aliphatic carbocycles. The van der Waals surface area contributed by atoms with Crippen molar-refractivity contribution in [3.8, 4) is 11.5 Å². The number of fused-ring (bicyclic) bond motifs is 1. The van der Waals surface area contributed by atoms with Gasteiger partial charge in [0.2, 0.25) is 6.79 Å². The molecule has 2 aromatic rings. The maximum atomic E-state index is 10.8. The monoisotopic (exact) mass is 345 g/mol. The summed E-state index contributed by atoms with van der Waals surface area (Å²) in [6.45, 7) is 2.19. The highest BCUT2D eigenvalue weighted by atomic mass is 32.1. The number of nitrogens with one attached hydrogen (secondary N) is 2. The molecule has 7 nitrogen and oxygen atoms in total. The van der Waals surface area contributed by atoms with Crippen molar-refractivity contribution < 1.29 is 14.4 Å². The molecular weight excluding hydrogens is 330 g/mol. The van der Waals surface area contributed by atoms with Crippen LogP contribution in [0.25, 0.3) is 0 Å². The van der Waals surface area contributed by atoms with Crippen LogP contribution in [0.2, 0.25) is 0 Å². The van der Waals surface area contributed by atoms with Crippen LogP contribution in [0.4, 0.5) is 11.4 Å². The number of hydrogen-bond donors (Lipinski definition) is 2. The van der Waals surface area contributed by atoms with Crippen molar-refractivity contribution in [1.82, 2.24) is 5.32 Å². The molecule has 0 spiro atoms. The molecule has 0 amide bonds. The van der Waals surface area contributed by atoms with Gasteiger partial charge in [-0.05, 0) is 42.9 Å². The number of nitro benzene ring substituents is 1. The molecule has 1 heterocycles. The van der Waals surface area contributed by atoms with E-state index in [-0.39, 0.29) is 18.5 Å². The first kappa shape index (κ1) is 16.0. The van der Waals surface area contributed by atoms with Crippen LogP contribution in [0.1, 0.15) is 18.5 Å². The lowest BCUT2D eigenvalue weighted by Crippen LogP contribution is -2.30.